The SMILES string of the molecule is CC(C)(C)OC(=O)N1C[C@@H](CNC(=O)OCC2c3ccccc3-c3ccccc32)C[C@H]1C(=O)O. The van der Waals surface area contributed by atoms with Gasteiger partial charge in [-0.1, -0.05) is 48.5 Å². The van der Waals surface area contributed by atoms with Crippen LogP contribution in [-0.4, -0.2) is 59.5 Å². The van der Waals surface area contributed by atoms with Crippen molar-refractivity contribution in [1.82, 2.24) is 10.2 Å². The number of benzene rings is 2. The zero-order chi connectivity index (χ0) is 24.5. The number of nitrogens with zero attached hydrogens (tertiary/aromatic N) is 1. The maximum absolute atomic E-state index is 12.4. The summed E-state index contributed by atoms with van der Waals surface area (Å²) < 4.78 is 10.9. The summed E-state index contributed by atoms with van der Waals surface area (Å²) in [5, 5.41) is 12.3. The van der Waals surface area contributed by atoms with Crippen molar-refractivity contribution < 1.29 is 29.0 Å². The fraction of sp³-hybridized carbons (Fsp3) is 0.423. The molecule has 4 rings (SSSR count). The zero-order valence-corrected chi connectivity index (χ0v) is 19.6. The van der Waals surface area contributed by atoms with Gasteiger partial charge in [-0.2, -0.15) is 0 Å². The topological polar surface area (TPSA) is 105 Å². The van der Waals surface area contributed by atoms with Crippen LogP contribution in [0.5, 0.6) is 0 Å². The second-order valence-electron chi connectivity index (χ2n) is 9.79. The van der Waals surface area contributed by atoms with Crippen molar-refractivity contribution in [2.45, 2.75) is 44.8 Å². The van der Waals surface area contributed by atoms with Gasteiger partial charge < -0.3 is 19.9 Å². The Morgan fingerprint density at radius 2 is 1.62 bits per heavy atom. The summed E-state index contributed by atoms with van der Waals surface area (Å²) in [5.74, 6) is -1.34. The number of fused-ring (bicyclic) bond motifs is 3. The zero-order valence-electron chi connectivity index (χ0n) is 19.6. The van der Waals surface area contributed by atoms with Crippen molar-refractivity contribution in [3.8, 4) is 11.1 Å². The summed E-state index contributed by atoms with van der Waals surface area (Å²) in [6, 6.07) is 15.2. The Labute approximate surface area is 198 Å². The molecule has 2 aromatic rings. The van der Waals surface area contributed by atoms with Crippen LogP contribution in [-0.2, 0) is 14.3 Å². The first-order valence-corrected chi connectivity index (χ1v) is 11.5. The van der Waals surface area contributed by atoms with E-state index < -0.39 is 29.8 Å². The van der Waals surface area contributed by atoms with E-state index in [2.05, 4.69) is 29.6 Å². The molecule has 34 heavy (non-hydrogen) atoms. The van der Waals surface area contributed by atoms with E-state index in [9.17, 15) is 19.5 Å². The number of amides is 2. The van der Waals surface area contributed by atoms with Crippen LogP contribution in [0.4, 0.5) is 9.59 Å². The maximum atomic E-state index is 12.4. The summed E-state index contributed by atoms with van der Waals surface area (Å²) >= 11 is 0. The number of alkyl carbamates (subject to hydrolysis) is 1. The second kappa shape index (κ2) is 9.37. The lowest BCUT2D eigenvalue weighted by Crippen LogP contribution is -2.43. The quantitative estimate of drug-likeness (QED) is 0.683. The number of rotatable bonds is 5. The molecule has 2 atom stereocenters. The molecule has 8 nitrogen and oxygen atoms in total. The van der Waals surface area contributed by atoms with Gasteiger partial charge in [0.2, 0.25) is 0 Å². The van der Waals surface area contributed by atoms with Gasteiger partial charge in [0.25, 0.3) is 0 Å². The monoisotopic (exact) mass is 466 g/mol. The van der Waals surface area contributed by atoms with Gasteiger partial charge in [-0.15, -0.1) is 0 Å². The third kappa shape index (κ3) is 5.00. The Bertz CT molecular complexity index is 1050. The number of likely N-dealkylation sites (tertiary alicyclic amines) is 1. The van der Waals surface area contributed by atoms with Crippen LogP contribution < -0.4 is 5.32 Å². The lowest BCUT2D eigenvalue weighted by molar-refractivity contribution is -0.142. The number of carboxylic acids is 1. The minimum atomic E-state index is -1.09. The molecule has 0 aromatic heterocycles. The molecule has 0 saturated carbocycles. The van der Waals surface area contributed by atoms with Crippen molar-refractivity contribution in [1.29, 1.82) is 0 Å². The number of carbonyl (C=O) groups excluding carboxylic acids is 2. The standard InChI is InChI=1S/C26H30N2O6/c1-26(2,3)34-25(32)28-14-16(12-22(28)23(29)30)13-27-24(31)33-15-21-19-10-6-4-8-17(19)18-9-5-7-11-20(18)21/h4-11,16,21-22H,12-15H2,1-3H3,(H,27,31)(H,29,30)/t16-,22+/m1/s1. The molecule has 8 heteroatoms. The van der Waals surface area contributed by atoms with E-state index in [1.165, 1.54) is 4.90 Å². The highest BCUT2D eigenvalue weighted by Crippen LogP contribution is 2.44. The Hall–Kier alpha value is -3.55. The van der Waals surface area contributed by atoms with Gasteiger partial charge in [0.1, 0.15) is 18.2 Å². The molecule has 1 saturated heterocycles. The van der Waals surface area contributed by atoms with Crippen LogP contribution in [0.2, 0.25) is 0 Å². The van der Waals surface area contributed by atoms with Gasteiger partial charge in [0.05, 0.1) is 0 Å². The highest BCUT2D eigenvalue weighted by molar-refractivity contribution is 5.81. The van der Waals surface area contributed by atoms with Crippen LogP contribution in [0.3, 0.4) is 0 Å². The fourth-order valence-corrected chi connectivity index (χ4v) is 4.70. The van der Waals surface area contributed by atoms with Crippen LogP contribution in [0.1, 0.15) is 44.2 Å². The summed E-state index contributed by atoms with van der Waals surface area (Å²) in [4.78, 5) is 37.8. The molecular formula is C26H30N2O6. The Morgan fingerprint density at radius 3 is 2.18 bits per heavy atom. The highest BCUT2D eigenvalue weighted by Gasteiger charge is 2.41. The molecule has 2 aromatic carbocycles. The molecule has 2 amide bonds. The third-order valence-electron chi connectivity index (χ3n) is 6.18. The number of aliphatic carboxylic acids is 1. The number of carbonyl (C=O) groups is 3. The number of hydrogen-bond donors (Lipinski definition) is 2. The van der Waals surface area contributed by atoms with Crippen molar-refractivity contribution in [2.75, 3.05) is 19.7 Å². The Morgan fingerprint density at radius 1 is 1.03 bits per heavy atom. The minimum Gasteiger partial charge on any atom is -0.480 e. The number of carboxylic acid groups (broad SMARTS) is 1. The van der Waals surface area contributed by atoms with Crippen molar-refractivity contribution in [2.24, 2.45) is 5.92 Å². The molecule has 2 aliphatic rings. The van der Waals surface area contributed by atoms with Gasteiger partial charge in [0, 0.05) is 19.0 Å². The van der Waals surface area contributed by atoms with Gasteiger partial charge in [-0.05, 0) is 55.4 Å². The highest BCUT2D eigenvalue weighted by atomic mass is 16.6. The van der Waals surface area contributed by atoms with E-state index >= 15 is 0 Å². The third-order valence-corrected chi connectivity index (χ3v) is 6.18. The predicted molar refractivity (Wildman–Crippen MR) is 126 cm³/mol. The normalized spacial score (nSPS) is 19.3. The lowest BCUT2D eigenvalue weighted by Gasteiger charge is -2.26. The molecule has 0 spiro atoms. The first kappa shape index (κ1) is 23.6. The van der Waals surface area contributed by atoms with Gasteiger partial charge in [-0.3, -0.25) is 4.90 Å². The van der Waals surface area contributed by atoms with Gasteiger partial charge >= 0.3 is 18.2 Å². The van der Waals surface area contributed by atoms with Crippen molar-refractivity contribution >= 4 is 18.2 Å². The number of hydrogen-bond acceptors (Lipinski definition) is 5. The maximum Gasteiger partial charge on any atom is 0.411 e. The molecule has 1 aliphatic heterocycles. The molecule has 0 radical (unpaired) electrons. The molecule has 0 bridgehead atoms. The summed E-state index contributed by atoms with van der Waals surface area (Å²) in [5.41, 5.74) is 3.84. The average Bonchev–Trinajstić information content (AvgIpc) is 3.35. The van der Waals surface area contributed by atoms with Crippen LogP contribution in [0.25, 0.3) is 11.1 Å². The van der Waals surface area contributed by atoms with E-state index in [4.69, 9.17) is 9.47 Å². The smallest absolute Gasteiger partial charge is 0.411 e. The second-order valence-corrected chi connectivity index (χ2v) is 9.79. The number of ether oxygens (including phenoxy) is 2. The summed E-state index contributed by atoms with van der Waals surface area (Å²) in [7, 11) is 0. The largest absolute Gasteiger partial charge is 0.480 e. The summed E-state index contributed by atoms with van der Waals surface area (Å²) in [6.45, 7) is 5.79. The van der Waals surface area contributed by atoms with Gasteiger partial charge in [-0.25, -0.2) is 14.4 Å². The van der Waals surface area contributed by atoms with Crippen LogP contribution in [0, 0.1) is 5.92 Å². The minimum absolute atomic E-state index is 0.0383. The molecular weight excluding hydrogens is 436 g/mol. The van der Waals surface area contributed by atoms with E-state index in [1.807, 2.05) is 24.3 Å². The van der Waals surface area contributed by atoms with Crippen LogP contribution in [0.15, 0.2) is 48.5 Å². The van der Waals surface area contributed by atoms with Crippen molar-refractivity contribution in [3.63, 3.8) is 0 Å². The van der Waals surface area contributed by atoms with Gasteiger partial charge in [0.15, 0.2) is 0 Å². The lowest BCUT2D eigenvalue weighted by atomic mass is 9.98. The Kier molecular flexibility index (Phi) is 6.50. The Balaban J connectivity index is 1.32. The predicted octanol–water partition coefficient (Wildman–Crippen LogP) is 4.24. The van der Waals surface area contributed by atoms with Crippen LogP contribution >= 0.6 is 0 Å². The molecule has 1 fully saturated rings. The van der Waals surface area contributed by atoms with E-state index in [0.717, 1.165) is 22.3 Å². The van der Waals surface area contributed by atoms with Crippen molar-refractivity contribution in [3.05, 3.63) is 59.7 Å². The first-order chi connectivity index (χ1) is 16.1. The first-order valence-electron chi connectivity index (χ1n) is 11.5. The molecule has 1 heterocycles. The fourth-order valence-electron chi connectivity index (χ4n) is 4.70. The number of nitrogens with one attached hydrogen (secondary N) is 1. The molecule has 180 valence electrons. The average molecular weight is 467 g/mol. The molecule has 2 N–H and O–H groups in total. The van der Waals surface area contributed by atoms with E-state index in [0.29, 0.717) is 0 Å². The van der Waals surface area contributed by atoms with E-state index in [1.54, 1.807) is 20.8 Å². The molecule has 0 unspecified atom stereocenters. The van der Waals surface area contributed by atoms with E-state index in [-0.39, 0.29) is 38.0 Å². The molecule has 1 aliphatic carbocycles. The summed E-state index contributed by atoms with van der Waals surface area (Å²) in [6.07, 6.45) is -0.994.